The molecule has 0 spiro atoms. The van der Waals surface area contributed by atoms with Gasteiger partial charge in [-0.1, -0.05) is 41.4 Å². The molecule has 2 amide bonds. The first-order valence-corrected chi connectivity index (χ1v) is 11.1. The van der Waals surface area contributed by atoms with Crippen LogP contribution in [0.25, 0.3) is 5.82 Å². The molecule has 2 heterocycles. The van der Waals surface area contributed by atoms with Crippen LogP contribution in [0.4, 0.5) is 26.5 Å². The van der Waals surface area contributed by atoms with Gasteiger partial charge in [0.05, 0.1) is 46.5 Å². The second kappa shape index (κ2) is 10.7. The number of urea groups is 1. The topological polar surface area (TPSA) is 117 Å². The highest BCUT2D eigenvalue weighted by molar-refractivity contribution is 6.33. The van der Waals surface area contributed by atoms with Gasteiger partial charge in [-0.05, 0) is 36.8 Å². The molecular weight excluding hydrogens is 496 g/mol. The minimum atomic E-state index is -0.786. The summed E-state index contributed by atoms with van der Waals surface area (Å²) >= 11 is 12.0. The molecule has 2 aromatic carbocycles. The van der Waals surface area contributed by atoms with E-state index in [-0.39, 0.29) is 5.02 Å². The lowest BCUT2D eigenvalue weighted by Crippen LogP contribution is -2.34. The second-order valence-corrected chi connectivity index (χ2v) is 8.30. The summed E-state index contributed by atoms with van der Waals surface area (Å²) in [5, 5.41) is 22.7. The first kappa shape index (κ1) is 24.4. The maximum atomic E-state index is 13.4. The van der Waals surface area contributed by atoms with Crippen molar-refractivity contribution >= 4 is 46.6 Å². The van der Waals surface area contributed by atoms with E-state index in [0.29, 0.717) is 33.7 Å². The van der Waals surface area contributed by atoms with Crippen molar-refractivity contribution in [1.29, 1.82) is 0 Å². The minimum absolute atomic E-state index is 0.104. The smallest absolute Gasteiger partial charge is 0.319 e. The molecule has 0 aliphatic rings. The minimum Gasteiger partial charge on any atom is -0.394 e. The molecule has 4 rings (SSSR count). The van der Waals surface area contributed by atoms with Crippen molar-refractivity contribution in [1.82, 2.24) is 25.1 Å². The summed E-state index contributed by atoms with van der Waals surface area (Å²) < 4.78 is 14.9. The molecule has 2 aromatic heterocycles. The molecule has 0 saturated carbocycles. The van der Waals surface area contributed by atoms with Gasteiger partial charge in [0.15, 0.2) is 5.82 Å². The molecule has 0 saturated heterocycles. The highest BCUT2D eigenvalue weighted by Gasteiger charge is 2.16. The van der Waals surface area contributed by atoms with Crippen molar-refractivity contribution in [3.63, 3.8) is 0 Å². The van der Waals surface area contributed by atoms with Crippen LogP contribution in [0.5, 0.6) is 0 Å². The zero-order valence-electron chi connectivity index (χ0n) is 18.3. The van der Waals surface area contributed by atoms with Crippen LogP contribution >= 0.6 is 23.2 Å². The molecule has 4 aromatic rings. The van der Waals surface area contributed by atoms with E-state index in [0.717, 1.165) is 5.56 Å². The number of para-hydroxylation sites is 1. The predicted octanol–water partition coefficient (Wildman–Crippen LogP) is 5.02. The van der Waals surface area contributed by atoms with E-state index < -0.39 is 24.5 Å². The van der Waals surface area contributed by atoms with E-state index >= 15 is 0 Å². The average Bonchev–Trinajstić information content (AvgIpc) is 3.30. The predicted molar refractivity (Wildman–Crippen MR) is 132 cm³/mol. The van der Waals surface area contributed by atoms with E-state index in [4.69, 9.17) is 23.2 Å². The highest BCUT2D eigenvalue weighted by Crippen LogP contribution is 2.24. The number of aromatic nitrogens is 4. The van der Waals surface area contributed by atoms with Crippen LogP contribution in [-0.4, -0.2) is 37.5 Å². The van der Waals surface area contributed by atoms with Crippen molar-refractivity contribution in [2.24, 2.45) is 0 Å². The maximum Gasteiger partial charge on any atom is 0.319 e. The van der Waals surface area contributed by atoms with Gasteiger partial charge < -0.3 is 21.1 Å². The largest absolute Gasteiger partial charge is 0.394 e. The molecule has 35 heavy (non-hydrogen) atoms. The Morgan fingerprint density at radius 1 is 1.17 bits per heavy atom. The number of carbonyl (C=O) groups is 1. The fraction of sp³-hybridized carbons (Fsp3) is 0.130. The summed E-state index contributed by atoms with van der Waals surface area (Å²) in [6, 6.07) is 9.79. The van der Waals surface area contributed by atoms with Gasteiger partial charge in [0.25, 0.3) is 0 Å². The first-order chi connectivity index (χ1) is 16.8. The summed E-state index contributed by atoms with van der Waals surface area (Å²) in [5.41, 5.74) is 2.25. The summed E-state index contributed by atoms with van der Waals surface area (Å²) in [6.45, 7) is 1.42. The van der Waals surface area contributed by atoms with Gasteiger partial charge >= 0.3 is 6.03 Å². The average molecular weight is 516 g/mol. The van der Waals surface area contributed by atoms with Crippen LogP contribution in [0.15, 0.2) is 61.1 Å². The lowest BCUT2D eigenvalue weighted by Gasteiger charge is -2.17. The van der Waals surface area contributed by atoms with Gasteiger partial charge in [-0.25, -0.2) is 18.9 Å². The number of hydrogen-bond donors (Lipinski definition) is 4. The van der Waals surface area contributed by atoms with Crippen LogP contribution in [-0.2, 0) is 0 Å². The van der Waals surface area contributed by atoms with E-state index in [2.05, 4.69) is 31.0 Å². The number of rotatable bonds is 7. The number of amides is 2. The molecule has 0 radical (unpaired) electrons. The zero-order chi connectivity index (χ0) is 24.9. The number of carbonyl (C=O) groups excluding carboxylic acids is 1. The third kappa shape index (κ3) is 5.86. The Bertz CT molecular complexity index is 1370. The summed E-state index contributed by atoms with van der Waals surface area (Å²) in [6.07, 6.45) is 4.67. The van der Waals surface area contributed by atoms with E-state index in [1.165, 1.54) is 29.1 Å². The number of hydrogen-bond acceptors (Lipinski definition) is 6. The number of aryl methyl sites for hydroxylation is 1. The van der Waals surface area contributed by atoms with Crippen LogP contribution in [0.1, 0.15) is 17.2 Å². The summed E-state index contributed by atoms with van der Waals surface area (Å²) in [7, 11) is 0. The third-order valence-corrected chi connectivity index (χ3v) is 5.58. The number of anilines is 3. The summed E-state index contributed by atoms with van der Waals surface area (Å²) in [4.78, 5) is 21.3. The van der Waals surface area contributed by atoms with Gasteiger partial charge in [-0.3, -0.25) is 0 Å². The molecule has 4 N–H and O–H groups in total. The molecular formula is C23H20Cl2FN7O2. The van der Waals surface area contributed by atoms with Crippen LogP contribution < -0.4 is 16.0 Å². The Labute approximate surface area is 209 Å². The molecule has 0 bridgehead atoms. The maximum absolute atomic E-state index is 13.4. The number of aliphatic hydroxyl groups excluding tert-OH is 1. The molecule has 1 atom stereocenters. The SMILES string of the molecule is Cc1cnc(Nc2ccccc2Cl)nc1-n1cc(NC(=O)N[C@H](CO)c2ccc(F)c(Cl)c2)cn1. The molecule has 0 aliphatic carbocycles. The molecule has 180 valence electrons. The summed E-state index contributed by atoms with van der Waals surface area (Å²) in [5.74, 6) is 0.233. The van der Waals surface area contributed by atoms with Gasteiger partial charge in [0.1, 0.15) is 5.82 Å². The van der Waals surface area contributed by atoms with Crippen molar-refractivity contribution in [2.45, 2.75) is 13.0 Å². The number of halogens is 3. The molecule has 0 fully saturated rings. The van der Waals surface area contributed by atoms with Crippen LogP contribution in [0.3, 0.4) is 0 Å². The van der Waals surface area contributed by atoms with Gasteiger partial charge in [-0.2, -0.15) is 10.1 Å². The Balaban J connectivity index is 1.46. The van der Waals surface area contributed by atoms with Gasteiger partial charge in [-0.15, -0.1) is 0 Å². The van der Waals surface area contributed by atoms with E-state index in [1.807, 2.05) is 19.1 Å². The van der Waals surface area contributed by atoms with Crippen molar-refractivity contribution < 1.29 is 14.3 Å². The van der Waals surface area contributed by atoms with Gasteiger partial charge in [0.2, 0.25) is 5.95 Å². The second-order valence-electron chi connectivity index (χ2n) is 7.49. The lowest BCUT2D eigenvalue weighted by atomic mass is 10.1. The normalized spacial score (nSPS) is 11.7. The fourth-order valence-corrected chi connectivity index (χ4v) is 3.57. The van der Waals surface area contributed by atoms with Gasteiger partial charge in [0, 0.05) is 11.8 Å². The van der Waals surface area contributed by atoms with E-state index in [1.54, 1.807) is 24.5 Å². The first-order valence-electron chi connectivity index (χ1n) is 10.4. The quantitative estimate of drug-likeness (QED) is 0.274. The van der Waals surface area contributed by atoms with Crippen LogP contribution in [0, 0.1) is 12.7 Å². The van der Waals surface area contributed by atoms with E-state index in [9.17, 15) is 14.3 Å². The Morgan fingerprint density at radius 2 is 1.97 bits per heavy atom. The Morgan fingerprint density at radius 3 is 2.71 bits per heavy atom. The third-order valence-electron chi connectivity index (χ3n) is 4.96. The van der Waals surface area contributed by atoms with Crippen molar-refractivity contribution in [3.05, 3.63) is 88.0 Å². The molecule has 9 nitrogen and oxygen atoms in total. The Kier molecular flexibility index (Phi) is 7.45. The molecule has 0 aliphatic heterocycles. The van der Waals surface area contributed by atoms with Crippen molar-refractivity contribution in [3.8, 4) is 5.82 Å². The monoisotopic (exact) mass is 515 g/mol. The highest BCUT2D eigenvalue weighted by atomic mass is 35.5. The number of aliphatic hydroxyl groups is 1. The fourth-order valence-electron chi connectivity index (χ4n) is 3.20. The number of benzene rings is 2. The zero-order valence-corrected chi connectivity index (χ0v) is 19.8. The van der Waals surface area contributed by atoms with Crippen LogP contribution in [0.2, 0.25) is 10.0 Å². The standard InChI is InChI=1S/C23H20Cl2FN7O2/c1-13-9-27-22(30-19-5-3-2-4-16(19)24)32-21(13)33-11-15(10-28-33)29-23(35)31-20(12-34)14-6-7-18(26)17(25)8-14/h2-11,20,34H,12H2,1H3,(H,27,30,32)(H2,29,31,35)/t20-/m1/s1. The number of nitrogens with one attached hydrogen (secondary N) is 3. The number of nitrogens with zero attached hydrogens (tertiary/aromatic N) is 4. The molecule has 12 heteroatoms. The van der Waals surface area contributed by atoms with Crippen molar-refractivity contribution in [2.75, 3.05) is 17.2 Å². The Hall–Kier alpha value is -3.73. The molecule has 0 unspecified atom stereocenters. The lowest BCUT2D eigenvalue weighted by molar-refractivity contribution is 0.225.